The lowest BCUT2D eigenvalue weighted by Gasteiger charge is -2.33. The Morgan fingerprint density at radius 2 is 1.63 bits per heavy atom. The van der Waals surface area contributed by atoms with Gasteiger partial charge in [0.15, 0.2) is 6.10 Å². The number of halogens is 2. The first kappa shape index (κ1) is 19.6. The van der Waals surface area contributed by atoms with E-state index in [1.165, 1.54) is 36.4 Å². The molecular formula is C23H18F2N2O3. The number of amides is 2. The highest BCUT2D eigenvalue weighted by Gasteiger charge is 2.31. The summed E-state index contributed by atoms with van der Waals surface area (Å²) >= 11 is 0. The molecule has 1 heterocycles. The van der Waals surface area contributed by atoms with Gasteiger partial charge < -0.3 is 15.0 Å². The highest BCUT2D eigenvalue weighted by Crippen LogP contribution is 2.37. The summed E-state index contributed by atoms with van der Waals surface area (Å²) in [5, 5.41) is 2.74. The molecule has 0 saturated carbocycles. The fourth-order valence-electron chi connectivity index (χ4n) is 3.22. The molecule has 0 fully saturated rings. The van der Waals surface area contributed by atoms with Crippen molar-refractivity contribution in [2.75, 3.05) is 10.2 Å². The third kappa shape index (κ3) is 4.00. The number of carbonyl (C=O) groups excluding carboxylic acids is 2. The van der Waals surface area contributed by atoms with E-state index < -0.39 is 17.8 Å². The van der Waals surface area contributed by atoms with Crippen molar-refractivity contribution in [3.63, 3.8) is 0 Å². The molecule has 3 aromatic carbocycles. The Bertz CT molecular complexity index is 1100. The minimum atomic E-state index is -0.669. The normalized spacial score (nSPS) is 15.4. The SMILES string of the molecule is CC1Oc2ccc(NC(=O)c3ccc(F)cc3)cc2N(Cc2ccc(F)cc2)C1=O. The lowest BCUT2D eigenvalue weighted by Crippen LogP contribution is -2.44. The van der Waals surface area contributed by atoms with Crippen LogP contribution in [0.4, 0.5) is 20.2 Å². The van der Waals surface area contributed by atoms with E-state index in [1.54, 1.807) is 42.2 Å². The number of anilines is 2. The average Bonchev–Trinajstić information content (AvgIpc) is 2.73. The van der Waals surface area contributed by atoms with E-state index in [1.807, 2.05) is 0 Å². The zero-order chi connectivity index (χ0) is 21.3. The number of hydrogen-bond acceptors (Lipinski definition) is 3. The standard InChI is InChI=1S/C23H18F2N2O3/c1-14-23(29)27(13-15-2-6-17(24)7-3-15)20-12-19(10-11-21(20)30-14)26-22(28)16-4-8-18(25)9-5-16/h2-12,14H,13H2,1H3,(H,26,28). The van der Waals surface area contributed by atoms with E-state index in [-0.39, 0.29) is 18.3 Å². The number of fused-ring (bicyclic) bond motifs is 1. The molecule has 1 unspecified atom stereocenters. The summed E-state index contributed by atoms with van der Waals surface area (Å²) < 4.78 is 32.0. The highest BCUT2D eigenvalue weighted by molar-refractivity contribution is 6.05. The Balaban J connectivity index is 1.62. The van der Waals surface area contributed by atoms with Gasteiger partial charge in [-0.3, -0.25) is 9.59 Å². The summed E-state index contributed by atoms with van der Waals surface area (Å²) in [6, 6.07) is 16.1. The fraction of sp³-hybridized carbons (Fsp3) is 0.130. The van der Waals surface area contributed by atoms with Gasteiger partial charge in [0.1, 0.15) is 17.4 Å². The molecule has 1 aliphatic rings. The van der Waals surface area contributed by atoms with Crippen LogP contribution >= 0.6 is 0 Å². The van der Waals surface area contributed by atoms with Gasteiger partial charge in [0.25, 0.3) is 11.8 Å². The minimum Gasteiger partial charge on any atom is -0.479 e. The molecule has 1 atom stereocenters. The molecule has 0 radical (unpaired) electrons. The smallest absolute Gasteiger partial charge is 0.268 e. The first-order valence-corrected chi connectivity index (χ1v) is 9.34. The Labute approximate surface area is 171 Å². The number of nitrogens with one attached hydrogen (secondary N) is 1. The van der Waals surface area contributed by atoms with Crippen molar-refractivity contribution in [3.8, 4) is 5.75 Å². The van der Waals surface area contributed by atoms with Crippen molar-refractivity contribution in [2.45, 2.75) is 19.6 Å². The van der Waals surface area contributed by atoms with Gasteiger partial charge in [0, 0.05) is 11.3 Å². The van der Waals surface area contributed by atoms with E-state index >= 15 is 0 Å². The van der Waals surface area contributed by atoms with Crippen LogP contribution in [0.5, 0.6) is 5.75 Å². The third-order valence-corrected chi connectivity index (χ3v) is 4.79. The minimum absolute atomic E-state index is 0.231. The van der Waals surface area contributed by atoms with Gasteiger partial charge in [-0.05, 0) is 67.1 Å². The second-order valence-electron chi connectivity index (χ2n) is 6.95. The van der Waals surface area contributed by atoms with Crippen LogP contribution in [0.3, 0.4) is 0 Å². The van der Waals surface area contributed by atoms with E-state index in [0.29, 0.717) is 22.7 Å². The molecule has 0 saturated heterocycles. The van der Waals surface area contributed by atoms with Crippen LogP contribution in [0, 0.1) is 11.6 Å². The van der Waals surface area contributed by atoms with Crippen LogP contribution in [-0.2, 0) is 11.3 Å². The molecule has 2 amide bonds. The molecule has 7 heteroatoms. The molecule has 152 valence electrons. The molecule has 1 aliphatic heterocycles. The number of benzene rings is 3. The second-order valence-corrected chi connectivity index (χ2v) is 6.95. The van der Waals surface area contributed by atoms with E-state index in [2.05, 4.69) is 5.32 Å². The van der Waals surface area contributed by atoms with Gasteiger partial charge in [-0.25, -0.2) is 8.78 Å². The molecule has 0 bridgehead atoms. The molecule has 4 rings (SSSR count). The summed E-state index contributed by atoms with van der Waals surface area (Å²) in [5.74, 6) is -0.928. The van der Waals surface area contributed by atoms with Gasteiger partial charge in [-0.2, -0.15) is 0 Å². The summed E-state index contributed by atoms with van der Waals surface area (Å²) in [6.45, 7) is 1.89. The molecule has 3 aromatic rings. The van der Waals surface area contributed by atoms with Crippen molar-refractivity contribution < 1.29 is 23.1 Å². The Kier molecular flexibility index (Phi) is 5.18. The Morgan fingerprint density at radius 3 is 2.30 bits per heavy atom. The van der Waals surface area contributed by atoms with Crippen molar-refractivity contribution >= 4 is 23.2 Å². The maximum absolute atomic E-state index is 13.2. The van der Waals surface area contributed by atoms with Crippen molar-refractivity contribution in [1.82, 2.24) is 0 Å². The van der Waals surface area contributed by atoms with E-state index in [9.17, 15) is 18.4 Å². The Hall–Kier alpha value is -3.74. The number of nitrogens with zero attached hydrogens (tertiary/aromatic N) is 1. The topological polar surface area (TPSA) is 58.6 Å². The highest BCUT2D eigenvalue weighted by atomic mass is 19.1. The van der Waals surface area contributed by atoms with Crippen LogP contribution in [0.15, 0.2) is 66.7 Å². The van der Waals surface area contributed by atoms with Gasteiger partial charge >= 0.3 is 0 Å². The first-order chi connectivity index (χ1) is 14.4. The van der Waals surface area contributed by atoms with Gasteiger partial charge in [0.2, 0.25) is 0 Å². The van der Waals surface area contributed by atoms with Crippen LogP contribution < -0.4 is 15.0 Å². The van der Waals surface area contributed by atoms with Gasteiger partial charge in [-0.15, -0.1) is 0 Å². The summed E-state index contributed by atoms with van der Waals surface area (Å²) in [4.78, 5) is 26.7. The number of hydrogen-bond donors (Lipinski definition) is 1. The van der Waals surface area contributed by atoms with Crippen LogP contribution in [0.2, 0.25) is 0 Å². The molecule has 0 spiro atoms. The van der Waals surface area contributed by atoms with E-state index in [0.717, 1.165) is 5.56 Å². The molecule has 30 heavy (non-hydrogen) atoms. The molecule has 1 N–H and O–H groups in total. The summed E-state index contributed by atoms with van der Waals surface area (Å²) in [5.41, 5.74) is 2.02. The zero-order valence-corrected chi connectivity index (χ0v) is 16.1. The molecule has 0 aromatic heterocycles. The quantitative estimate of drug-likeness (QED) is 0.690. The second kappa shape index (κ2) is 7.94. The predicted molar refractivity (Wildman–Crippen MR) is 108 cm³/mol. The van der Waals surface area contributed by atoms with Crippen molar-refractivity contribution in [2.24, 2.45) is 0 Å². The van der Waals surface area contributed by atoms with Crippen molar-refractivity contribution in [1.29, 1.82) is 0 Å². The monoisotopic (exact) mass is 408 g/mol. The maximum Gasteiger partial charge on any atom is 0.268 e. The van der Waals surface area contributed by atoms with Crippen molar-refractivity contribution in [3.05, 3.63) is 89.5 Å². The van der Waals surface area contributed by atoms with Crippen LogP contribution in [0.25, 0.3) is 0 Å². The predicted octanol–water partition coefficient (Wildman–Crippen LogP) is 4.53. The lowest BCUT2D eigenvalue weighted by molar-refractivity contribution is -0.125. The number of rotatable bonds is 4. The Morgan fingerprint density at radius 1 is 1.00 bits per heavy atom. The molecule has 5 nitrogen and oxygen atoms in total. The summed E-state index contributed by atoms with van der Waals surface area (Å²) in [7, 11) is 0. The average molecular weight is 408 g/mol. The van der Waals surface area contributed by atoms with E-state index in [4.69, 9.17) is 4.74 Å². The largest absolute Gasteiger partial charge is 0.479 e. The third-order valence-electron chi connectivity index (χ3n) is 4.79. The van der Waals surface area contributed by atoms with Crippen LogP contribution in [-0.4, -0.2) is 17.9 Å². The first-order valence-electron chi connectivity index (χ1n) is 9.34. The van der Waals surface area contributed by atoms with Crippen LogP contribution in [0.1, 0.15) is 22.8 Å². The molecular weight excluding hydrogens is 390 g/mol. The fourth-order valence-corrected chi connectivity index (χ4v) is 3.22. The zero-order valence-electron chi connectivity index (χ0n) is 16.1. The van der Waals surface area contributed by atoms with Gasteiger partial charge in [0.05, 0.1) is 12.2 Å². The maximum atomic E-state index is 13.2. The molecule has 0 aliphatic carbocycles. The number of carbonyl (C=O) groups is 2. The number of ether oxygens (including phenoxy) is 1. The lowest BCUT2D eigenvalue weighted by atomic mass is 10.1. The summed E-state index contributed by atoms with van der Waals surface area (Å²) in [6.07, 6.45) is -0.669. The van der Waals surface area contributed by atoms with Gasteiger partial charge in [-0.1, -0.05) is 12.1 Å².